The van der Waals surface area contributed by atoms with Crippen LogP contribution >= 0.6 is 0 Å². The van der Waals surface area contributed by atoms with Gasteiger partial charge in [-0.2, -0.15) is 10.4 Å². The van der Waals surface area contributed by atoms with Crippen molar-refractivity contribution in [2.45, 2.75) is 83.6 Å². The highest BCUT2D eigenvalue weighted by atomic mass is 19.1. The maximum absolute atomic E-state index is 15.9. The summed E-state index contributed by atoms with van der Waals surface area (Å²) in [5.41, 5.74) is 2.84. The van der Waals surface area contributed by atoms with Crippen LogP contribution in [0.4, 0.5) is 14.9 Å². The van der Waals surface area contributed by atoms with Crippen molar-refractivity contribution in [1.82, 2.24) is 14.7 Å². The summed E-state index contributed by atoms with van der Waals surface area (Å²) in [6.45, 7) is 10.5. The summed E-state index contributed by atoms with van der Waals surface area (Å²) >= 11 is 0. The van der Waals surface area contributed by atoms with Crippen molar-refractivity contribution in [2.24, 2.45) is 0 Å². The van der Waals surface area contributed by atoms with Gasteiger partial charge in [0.25, 0.3) is 0 Å². The van der Waals surface area contributed by atoms with Gasteiger partial charge in [0.1, 0.15) is 28.6 Å². The van der Waals surface area contributed by atoms with E-state index in [0.29, 0.717) is 98.2 Å². The topological polar surface area (TPSA) is 132 Å². The Morgan fingerprint density at radius 3 is 2.55 bits per heavy atom. The minimum atomic E-state index is -0.578. The number of carbonyl (C=O) groups is 1. The number of nitrogens with zero attached hydrogens (tertiary/aromatic N) is 5. The second kappa shape index (κ2) is 17.5. The Kier molecular flexibility index (Phi) is 12.3. The number of aromatic nitrogens is 2. The quantitative estimate of drug-likeness (QED) is 0.149. The maximum Gasteiger partial charge on any atom is 0.410 e. The van der Waals surface area contributed by atoms with Crippen molar-refractivity contribution in [3.05, 3.63) is 59.9 Å². The highest BCUT2D eigenvalue weighted by molar-refractivity contribution is 5.99. The van der Waals surface area contributed by atoms with E-state index in [4.69, 9.17) is 28.8 Å². The van der Waals surface area contributed by atoms with Crippen LogP contribution in [-0.2, 0) is 18.9 Å². The molecule has 3 aliphatic heterocycles. The first-order chi connectivity index (χ1) is 27.1. The first-order valence-corrected chi connectivity index (χ1v) is 19.8. The third-order valence-corrected chi connectivity index (χ3v) is 10.4. The van der Waals surface area contributed by atoms with E-state index in [1.54, 1.807) is 29.2 Å². The van der Waals surface area contributed by atoms with Crippen molar-refractivity contribution in [3.63, 3.8) is 0 Å². The van der Waals surface area contributed by atoms with Crippen LogP contribution in [0.15, 0.2) is 48.5 Å². The maximum atomic E-state index is 15.9. The van der Waals surface area contributed by atoms with E-state index in [1.165, 1.54) is 6.07 Å². The fourth-order valence-electron chi connectivity index (χ4n) is 7.59. The molecule has 4 aromatic rings. The average Bonchev–Trinajstić information content (AvgIpc) is 3.57. The average molecular weight is 770 g/mol. The number of nitriles is 1. The van der Waals surface area contributed by atoms with Gasteiger partial charge in [0, 0.05) is 62.5 Å². The van der Waals surface area contributed by atoms with E-state index in [1.807, 2.05) is 48.6 Å². The van der Waals surface area contributed by atoms with Gasteiger partial charge in [0.05, 0.1) is 47.7 Å². The third kappa shape index (κ3) is 9.04. The van der Waals surface area contributed by atoms with Crippen LogP contribution in [0, 0.1) is 17.1 Å². The number of aromatic hydroxyl groups is 1. The van der Waals surface area contributed by atoms with Gasteiger partial charge in [-0.1, -0.05) is 12.1 Å². The number of hydrogen-bond donors (Lipinski definition) is 1. The number of halogens is 1. The first kappa shape index (κ1) is 39.3. The fraction of sp³-hybridized carbons (Fsp3) is 0.512. The number of ether oxygens (including phenoxy) is 5. The summed E-state index contributed by atoms with van der Waals surface area (Å²) in [5.74, 6) is -0.0842. The first-order valence-electron chi connectivity index (χ1n) is 19.8. The smallest absolute Gasteiger partial charge is 0.410 e. The summed E-state index contributed by atoms with van der Waals surface area (Å²) in [4.78, 5) is 16.4. The lowest BCUT2D eigenvalue weighted by Gasteiger charge is -2.37. The Bertz CT molecular complexity index is 2040. The second-order valence-corrected chi connectivity index (χ2v) is 15.7. The van der Waals surface area contributed by atoms with Crippen molar-refractivity contribution < 1.29 is 38.0 Å². The molecule has 4 heterocycles. The molecular weight excluding hydrogens is 717 g/mol. The number of carbonyl (C=O) groups excluding carboxylic acids is 1. The zero-order valence-electron chi connectivity index (χ0n) is 32.6. The molecule has 1 aromatic heterocycles. The molecule has 298 valence electrons. The van der Waals surface area contributed by atoms with Crippen LogP contribution in [0.2, 0.25) is 0 Å². The molecule has 0 saturated carbocycles. The number of unbranched alkanes of at least 4 members (excludes halogenated alkanes) is 1. The van der Waals surface area contributed by atoms with Gasteiger partial charge in [-0.15, -0.1) is 0 Å². The molecule has 1 N–H and O–H groups in total. The highest BCUT2D eigenvalue weighted by Gasteiger charge is 2.29. The number of fused-ring (bicyclic) bond motifs is 1. The molecule has 3 aromatic carbocycles. The van der Waals surface area contributed by atoms with Crippen molar-refractivity contribution in [3.8, 4) is 40.0 Å². The van der Waals surface area contributed by atoms with E-state index >= 15 is 4.39 Å². The predicted molar refractivity (Wildman–Crippen MR) is 210 cm³/mol. The van der Waals surface area contributed by atoms with E-state index in [0.717, 1.165) is 45.1 Å². The van der Waals surface area contributed by atoms with Crippen LogP contribution in [0.3, 0.4) is 0 Å². The summed E-state index contributed by atoms with van der Waals surface area (Å²) in [6, 6.07) is 16.0. The molecule has 2 unspecified atom stereocenters. The largest absolute Gasteiger partial charge is 0.506 e. The zero-order chi connectivity index (χ0) is 39.2. The fourth-order valence-corrected chi connectivity index (χ4v) is 7.59. The molecule has 13 heteroatoms. The van der Waals surface area contributed by atoms with Gasteiger partial charge in [-0.25, -0.2) is 13.9 Å². The molecule has 3 saturated heterocycles. The molecular formula is C43H52FN5O7. The monoisotopic (exact) mass is 769 g/mol. The number of hydrogen-bond acceptors (Lipinski definition) is 10. The molecule has 3 aliphatic rings. The van der Waals surface area contributed by atoms with Gasteiger partial charge in [0.15, 0.2) is 6.23 Å². The minimum absolute atomic E-state index is 0.0703. The summed E-state index contributed by atoms with van der Waals surface area (Å²) < 4.78 is 47.1. The summed E-state index contributed by atoms with van der Waals surface area (Å²) in [6.07, 6.45) is 5.64. The number of anilines is 1. The molecule has 0 aliphatic carbocycles. The highest BCUT2D eigenvalue weighted by Crippen LogP contribution is 2.42. The van der Waals surface area contributed by atoms with E-state index < -0.39 is 11.4 Å². The van der Waals surface area contributed by atoms with Crippen molar-refractivity contribution >= 4 is 22.7 Å². The summed E-state index contributed by atoms with van der Waals surface area (Å²) in [7, 11) is 0. The Labute approximate surface area is 327 Å². The van der Waals surface area contributed by atoms with Crippen molar-refractivity contribution in [1.29, 1.82) is 5.26 Å². The van der Waals surface area contributed by atoms with Gasteiger partial charge in [-0.3, -0.25) is 0 Å². The number of piperazine rings is 1. The van der Waals surface area contributed by atoms with E-state index in [9.17, 15) is 15.2 Å². The SMILES string of the molecule is CC(C)(C)OC(=O)N1CCN(c2ccc(-c3nn(C4CCCCO4)c4cc(C#N)c(-c5c(F)cccc5OCCCCOC5CCCOC5)cc34)cc2O)CC1. The molecule has 0 spiro atoms. The lowest BCUT2D eigenvalue weighted by atomic mass is 9.95. The van der Waals surface area contributed by atoms with Crippen LogP contribution in [0.1, 0.15) is 77.5 Å². The van der Waals surface area contributed by atoms with Crippen LogP contribution in [0.5, 0.6) is 11.5 Å². The van der Waals surface area contributed by atoms with E-state index in [2.05, 4.69) is 6.07 Å². The van der Waals surface area contributed by atoms with Crippen molar-refractivity contribution in [2.75, 3.05) is 64.1 Å². The second-order valence-electron chi connectivity index (χ2n) is 15.7. The van der Waals surface area contributed by atoms with E-state index in [-0.39, 0.29) is 35.3 Å². The molecule has 0 bridgehead atoms. The molecule has 7 rings (SSSR count). The number of phenols is 1. The van der Waals surface area contributed by atoms with Gasteiger partial charge in [0.2, 0.25) is 0 Å². The number of phenolic OH excluding ortho intramolecular Hbond substituents is 1. The normalized spacial score (nSPS) is 19.2. The Morgan fingerprint density at radius 1 is 1.02 bits per heavy atom. The standard InChI is InChI=1S/C43H52FN5O7/c1-43(2,3)56-42(51)48-18-16-47(17-19-48)35-15-14-29(25-37(35)50)41-33-26-32(30(27-45)24-36(33)49(46-41)39-13-4-5-23-55-39)40-34(44)11-8-12-38(40)54-22-7-6-21-53-31-10-9-20-52-28-31/h8,11-12,14-15,24-26,31,39,50H,4-7,9-10,13,16-23,28H2,1-3H3. The zero-order valence-corrected chi connectivity index (χ0v) is 32.6. The lowest BCUT2D eigenvalue weighted by molar-refractivity contribution is -0.0510. The number of amides is 1. The Balaban J connectivity index is 1.16. The Morgan fingerprint density at radius 2 is 1.84 bits per heavy atom. The molecule has 2 atom stereocenters. The molecule has 56 heavy (non-hydrogen) atoms. The summed E-state index contributed by atoms with van der Waals surface area (Å²) in [5, 5.41) is 27.6. The van der Waals surface area contributed by atoms with Crippen LogP contribution in [0.25, 0.3) is 33.3 Å². The lowest BCUT2D eigenvalue weighted by Crippen LogP contribution is -2.50. The molecule has 3 fully saturated rings. The molecule has 12 nitrogen and oxygen atoms in total. The Hall–Kier alpha value is -4.90. The third-order valence-electron chi connectivity index (χ3n) is 10.4. The van der Waals surface area contributed by atoms with Gasteiger partial charge in [-0.05, 0) is 102 Å². The molecule has 1 amide bonds. The number of benzene rings is 3. The molecule has 0 radical (unpaired) electrons. The minimum Gasteiger partial charge on any atom is -0.506 e. The van der Waals surface area contributed by atoms with Gasteiger partial charge >= 0.3 is 6.09 Å². The predicted octanol–water partition coefficient (Wildman–Crippen LogP) is 8.20. The van der Waals surface area contributed by atoms with Crippen LogP contribution in [-0.4, -0.2) is 96.8 Å². The van der Waals surface area contributed by atoms with Gasteiger partial charge < -0.3 is 38.6 Å². The van der Waals surface area contributed by atoms with Crippen LogP contribution < -0.4 is 9.64 Å². The number of rotatable bonds is 11.